The lowest BCUT2D eigenvalue weighted by molar-refractivity contribution is -0.139. The molecule has 1 N–H and O–H groups in total. The number of halogens is 2. The number of nitrogens with one attached hydrogen (secondary N) is 1. The molecule has 12 heteroatoms. The Morgan fingerprint density at radius 1 is 1.03 bits per heavy atom. The summed E-state index contributed by atoms with van der Waals surface area (Å²) in [6.45, 7) is 1.83. The molecule has 2 aromatic carbocycles. The molecular formula is C27H33Cl2N3O6S. The van der Waals surface area contributed by atoms with Crippen LogP contribution >= 0.6 is 23.2 Å². The maximum atomic E-state index is 13.8. The van der Waals surface area contributed by atoms with Crippen LogP contribution < -0.4 is 19.1 Å². The van der Waals surface area contributed by atoms with Gasteiger partial charge in [0.2, 0.25) is 21.8 Å². The fraction of sp³-hybridized carbons (Fsp3) is 0.481. The first-order valence-electron chi connectivity index (χ1n) is 12.9. The van der Waals surface area contributed by atoms with Gasteiger partial charge in [0.25, 0.3) is 0 Å². The molecule has 39 heavy (non-hydrogen) atoms. The van der Waals surface area contributed by atoms with Crippen LogP contribution in [0.3, 0.4) is 0 Å². The van der Waals surface area contributed by atoms with E-state index < -0.39 is 28.5 Å². The molecule has 2 amide bonds. The van der Waals surface area contributed by atoms with E-state index in [9.17, 15) is 18.0 Å². The number of hydrogen-bond acceptors (Lipinski definition) is 6. The lowest BCUT2D eigenvalue weighted by Gasteiger charge is -2.33. The molecular weight excluding hydrogens is 565 g/mol. The Labute approximate surface area is 239 Å². The van der Waals surface area contributed by atoms with Gasteiger partial charge in [-0.3, -0.25) is 13.9 Å². The highest BCUT2D eigenvalue weighted by Crippen LogP contribution is 2.35. The van der Waals surface area contributed by atoms with Gasteiger partial charge in [-0.15, -0.1) is 0 Å². The first-order chi connectivity index (χ1) is 18.5. The normalized spacial score (nSPS) is 16.3. The van der Waals surface area contributed by atoms with Gasteiger partial charge in [-0.2, -0.15) is 0 Å². The number of carbonyl (C=O) groups is 2. The van der Waals surface area contributed by atoms with Gasteiger partial charge in [-0.25, -0.2) is 8.42 Å². The van der Waals surface area contributed by atoms with E-state index in [0.29, 0.717) is 40.3 Å². The second kappa shape index (κ2) is 12.7. The van der Waals surface area contributed by atoms with Crippen LogP contribution in [0.15, 0.2) is 36.4 Å². The Bertz CT molecular complexity index is 1320. The van der Waals surface area contributed by atoms with Crippen molar-refractivity contribution in [2.24, 2.45) is 0 Å². The van der Waals surface area contributed by atoms with Crippen LogP contribution in [0.5, 0.6) is 11.5 Å². The Morgan fingerprint density at radius 2 is 1.72 bits per heavy atom. The zero-order valence-electron chi connectivity index (χ0n) is 22.0. The molecule has 2 aliphatic rings. The van der Waals surface area contributed by atoms with E-state index in [2.05, 4.69) is 5.32 Å². The molecule has 1 aliphatic carbocycles. The zero-order chi connectivity index (χ0) is 28.2. The first-order valence-corrected chi connectivity index (χ1v) is 15.5. The number of ether oxygens (including phenoxy) is 2. The fourth-order valence-corrected chi connectivity index (χ4v) is 6.10. The van der Waals surface area contributed by atoms with Gasteiger partial charge in [0.1, 0.15) is 25.8 Å². The minimum absolute atomic E-state index is 0.00711. The summed E-state index contributed by atoms with van der Waals surface area (Å²) in [4.78, 5) is 28.4. The summed E-state index contributed by atoms with van der Waals surface area (Å²) in [5.41, 5.74) is 0.829. The lowest BCUT2D eigenvalue weighted by Crippen LogP contribution is -2.53. The Balaban J connectivity index is 1.61. The van der Waals surface area contributed by atoms with Crippen LogP contribution in [-0.2, 0) is 26.2 Å². The minimum atomic E-state index is -3.88. The van der Waals surface area contributed by atoms with Crippen molar-refractivity contribution in [2.45, 2.75) is 57.7 Å². The number of fused-ring (bicyclic) bond motifs is 1. The molecule has 0 aromatic heterocycles. The Kier molecular flexibility index (Phi) is 9.51. The Morgan fingerprint density at radius 3 is 2.38 bits per heavy atom. The van der Waals surface area contributed by atoms with Crippen molar-refractivity contribution in [1.29, 1.82) is 0 Å². The third-order valence-corrected chi connectivity index (χ3v) is 8.70. The largest absolute Gasteiger partial charge is 0.486 e. The Hall–Kier alpha value is -2.69. The highest BCUT2D eigenvalue weighted by atomic mass is 35.5. The average Bonchev–Trinajstić information content (AvgIpc) is 2.90. The SMILES string of the molecule is CC(C(=O)NC1CCCCC1)N(Cc1ccc(Cl)cc1Cl)C(=O)CN(c1ccc2c(c1)OCCO2)S(C)(=O)=O. The van der Waals surface area contributed by atoms with Crippen LogP contribution in [0.1, 0.15) is 44.6 Å². The molecule has 0 bridgehead atoms. The average molecular weight is 599 g/mol. The van der Waals surface area contributed by atoms with E-state index in [-0.39, 0.29) is 24.2 Å². The minimum Gasteiger partial charge on any atom is -0.486 e. The van der Waals surface area contributed by atoms with Crippen LogP contribution in [0.4, 0.5) is 5.69 Å². The van der Waals surface area contributed by atoms with Crippen molar-refractivity contribution in [3.05, 3.63) is 52.0 Å². The summed E-state index contributed by atoms with van der Waals surface area (Å²) in [6, 6.07) is 8.76. The van der Waals surface area contributed by atoms with Gasteiger partial charge in [0.05, 0.1) is 11.9 Å². The third-order valence-electron chi connectivity index (χ3n) is 6.97. The van der Waals surface area contributed by atoms with E-state index >= 15 is 0 Å². The number of nitrogens with zero attached hydrogens (tertiary/aromatic N) is 2. The van der Waals surface area contributed by atoms with Crippen molar-refractivity contribution in [3.8, 4) is 11.5 Å². The molecule has 1 saturated carbocycles. The van der Waals surface area contributed by atoms with Crippen LogP contribution in [0.2, 0.25) is 10.0 Å². The van der Waals surface area contributed by atoms with Gasteiger partial charge in [-0.05, 0) is 49.6 Å². The van der Waals surface area contributed by atoms with Crippen molar-refractivity contribution in [2.75, 3.05) is 30.3 Å². The molecule has 9 nitrogen and oxygen atoms in total. The predicted molar refractivity (Wildman–Crippen MR) is 151 cm³/mol. The maximum Gasteiger partial charge on any atom is 0.244 e. The molecule has 1 fully saturated rings. The van der Waals surface area contributed by atoms with Gasteiger partial charge in [0.15, 0.2) is 11.5 Å². The van der Waals surface area contributed by atoms with E-state index in [1.807, 2.05) is 0 Å². The van der Waals surface area contributed by atoms with Crippen LogP contribution in [0.25, 0.3) is 0 Å². The molecule has 4 rings (SSSR count). The van der Waals surface area contributed by atoms with Crippen LogP contribution in [-0.4, -0.2) is 63.2 Å². The number of carbonyl (C=O) groups excluding carboxylic acids is 2. The van der Waals surface area contributed by atoms with Crippen molar-refractivity contribution >= 4 is 50.7 Å². The fourth-order valence-electron chi connectivity index (χ4n) is 4.79. The smallest absolute Gasteiger partial charge is 0.244 e. The molecule has 1 aliphatic heterocycles. The predicted octanol–water partition coefficient (Wildman–Crippen LogP) is 4.40. The summed E-state index contributed by atoms with van der Waals surface area (Å²) >= 11 is 12.5. The number of benzene rings is 2. The van der Waals surface area contributed by atoms with Crippen molar-refractivity contribution < 1.29 is 27.5 Å². The topological polar surface area (TPSA) is 105 Å². The van der Waals surface area contributed by atoms with Crippen LogP contribution in [0, 0.1) is 0 Å². The highest BCUT2D eigenvalue weighted by Gasteiger charge is 2.32. The van der Waals surface area contributed by atoms with E-state index in [1.54, 1.807) is 37.3 Å². The highest BCUT2D eigenvalue weighted by molar-refractivity contribution is 7.92. The third kappa shape index (κ3) is 7.49. The molecule has 0 saturated heterocycles. The lowest BCUT2D eigenvalue weighted by atomic mass is 9.95. The first kappa shape index (κ1) is 29.3. The summed E-state index contributed by atoms with van der Waals surface area (Å²) in [5, 5.41) is 3.84. The number of rotatable bonds is 9. The molecule has 1 atom stereocenters. The molecule has 2 aromatic rings. The van der Waals surface area contributed by atoms with Gasteiger partial charge in [0, 0.05) is 28.7 Å². The summed E-state index contributed by atoms with van der Waals surface area (Å²) in [7, 11) is -3.88. The zero-order valence-corrected chi connectivity index (χ0v) is 24.3. The van der Waals surface area contributed by atoms with Gasteiger partial charge < -0.3 is 19.7 Å². The standard InChI is InChI=1S/C27H33Cl2N3O6S/c1-18(27(34)30-21-6-4-3-5-7-21)31(16-19-8-9-20(28)14-23(19)29)26(33)17-32(39(2,35)36)22-10-11-24-25(15-22)38-13-12-37-24/h8-11,14-15,18,21H,3-7,12-13,16-17H2,1-2H3,(H,30,34). The van der Waals surface area contributed by atoms with E-state index in [1.165, 1.54) is 11.0 Å². The number of anilines is 1. The summed E-state index contributed by atoms with van der Waals surface area (Å²) in [5.74, 6) is 0.0277. The monoisotopic (exact) mass is 597 g/mol. The van der Waals surface area contributed by atoms with Crippen molar-refractivity contribution in [3.63, 3.8) is 0 Å². The molecule has 0 radical (unpaired) electrons. The number of hydrogen-bond donors (Lipinski definition) is 1. The molecule has 0 spiro atoms. The second-order valence-electron chi connectivity index (χ2n) is 9.87. The molecule has 212 valence electrons. The van der Waals surface area contributed by atoms with Gasteiger partial charge >= 0.3 is 0 Å². The van der Waals surface area contributed by atoms with Crippen molar-refractivity contribution in [1.82, 2.24) is 10.2 Å². The van der Waals surface area contributed by atoms with Gasteiger partial charge in [-0.1, -0.05) is 48.5 Å². The van der Waals surface area contributed by atoms with E-state index in [0.717, 1.165) is 42.7 Å². The second-order valence-corrected chi connectivity index (χ2v) is 12.6. The quantitative estimate of drug-likeness (QED) is 0.459. The number of sulfonamides is 1. The summed E-state index contributed by atoms with van der Waals surface area (Å²) < 4.78 is 37.8. The number of amides is 2. The summed E-state index contributed by atoms with van der Waals surface area (Å²) in [6.07, 6.45) is 6.03. The van der Waals surface area contributed by atoms with E-state index in [4.69, 9.17) is 32.7 Å². The molecule has 1 unspecified atom stereocenters. The molecule has 1 heterocycles. The maximum absolute atomic E-state index is 13.8.